The van der Waals surface area contributed by atoms with E-state index in [2.05, 4.69) is 30.4 Å². The molecule has 0 fully saturated rings. The van der Waals surface area contributed by atoms with Crippen LogP contribution in [0.25, 0.3) is 5.65 Å². The Labute approximate surface area is 199 Å². The zero-order valence-electron chi connectivity index (χ0n) is 16.7. The van der Waals surface area contributed by atoms with Crippen LogP contribution in [0.5, 0.6) is 11.6 Å². The number of anilines is 1. The Morgan fingerprint density at radius 2 is 1.91 bits per heavy atom. The molecule has 4 rings (SSSR count). The lowest BCUT2D eigenvalue weighted by Crippen LogP contribution is -2.06. The highest BCUT2D eigenvalue weighted by molar-refractivity contribution is 6.33. The third-order valence-corrected chi connectivity index (χ3v) is 4.55. The van der Waals surface area contributed by atoms with Crippen LogP contribution in [0.2, 0.25) is 5.02 Å². The number of halogens is 3. The van der Waals surface area contributed by atoms with Crippen molar-refractivity contribution in [3.05, 3.63) is 69.0 Å². The fourth-order valence-electron chi connectivity index (χ4n) is 2.71. The molecule has 4 aromatic heterocycles. The van der Waals surface area contributed by atoms with E-state index in [0.717, 1.165) is 16.4 Å². The van der Waals surface area contributed by atoms with Gasteiger partial charge in [0.05, 0.1) is 24.1 Å². The van der Waals surface area contributed by atoms with E-state index < -0.39 is 4.92 Å². The summed E-state index contributed by atoms with van der Waals surface area (Å²) in [6.45, 7) is 4.01. The number of nitro groups is 1. The van der Waals surface area contributed by atoms with Crippen LogP contribution in [0.4, 0.5) is 11.6 Å². The van der Waals surface area contributed by atoms with Crippen LogP contribution < -0.4 is 10.1 Å². The van der Waals surface area contributed by atoms with E-state index >= 15 is 0 Å². The number of fused-ring (bicyclic) bond motifs is 1. The molecule has 0 bridgehead atoms. The Bertz CT molecular complexity index is 1250. The quantitative estimate of drug-likeness (QED) is 0.303. The Morgan fingerprint density at radius 3 is 2.59 bits per heavy atom. The first-order valence-corrected chi connectivity index (χ1v) is 9.15. The number of pyridine rings is 1. The van der Waals surface area contributed by atoms with E-state index in [1.165, 1.54) is 6.20 Å². The summed E-state index contributed by atoms with van der Waals surface area (Å²) in [5.74, 6) is 1.53. The van der Waals surface area contributed by atoms with E-state index in [4.69, 9.17) is 16.3 Å². The van der Waals surface area contributed by atoms with Gasteiger partial charge < -0.3 is 20.2 Å². The van der Waals surface area contributed by atoms with Gasteiger partial charge >= 0.3 is 5.82 Å². The Hall–Kier alpha value is -3.28. The molecular formula is C18H17Cl3N8O3. The van der Waals surface area contributed by atoms with Crippen LogP contribution in [0.3, 0.4) is 0 Å². The number of hydrogen-bond acceptors (Lipinski definition) is 9. The Balaban J connectivity index is 0.00000181. The number of ether oxygens (including phenoxy) is 1. The highest BCUT2D eigenvalue weighted by Crippen LogP contribution is 2.24. The summed E-state index contributed by atoms with van der Waals surface area (Å²) < 4.78 is 6.76. The fourth-order valence-corrected chi connectivity index (χ4v) is 2.86. The lowest BCUT2D eigenvalue weighted by molar-refractivity contribution is -0.391. The lowest BCUT2D eigenvalue weighted by atomic mass is 10.3. The number of rotatable bonds is 6. The minimum Gasteiger partial charge on any atom is -0.434 e. The standard InChI is InChI=1S/C18H15ClN8O3.2ClH/c1-10-17(19)18(24-11(2)23-10)22-7-12-3-4-13(8-20-12)30-15-6-5-14-21-9-16(27(28)29)26(14)25-15;;/h3-6,8-9H,7H2,1-2H3,(H,22,23,24);2*1H. The van der Waals surface area contributed by atoms with Gasteiger partial charge in [0.1, 0.15) is 28.6 Å². The van der Waals surface area contributed by atoms with Gasteiger partial charge in [0, 0.05) is 12.1 Å². The summed E-state index contributed by atoms with van der Waals surface area (Å²) in [7, 11) is 0. The molecule has 4 aromatic rings. The second-order valence-electron chi connectivity index (χ2n) is 6.27. The summed E-state index contributed by atoms with van der Waals surface area (Å²) in [4.78, 5) is 27.2. The number of hydrogen-bond donors (Lipinski definition) is 1. The maximum Gasteiger partial charge on any atom is 0.368 e. The predicted octanol–water partition coefficient (Wildman–Crippen LogP) is 4.34. The van der Waals surface area contributed by atoms with Crippen molar-refractivity contribution < 1.29 is 9.66 Å². The molecule has 32 heavy (non-hydrogen) atoms. The molecule has 4 heterocycles. The summed E-state index contributed by atoms with van der Waals surface area (Å²) >= 11 is 6.23. The van der Waals surface area contributed by atoms with Crippen molar-refractivity contribution in [2.45, 2.75) is 20.4 Å². The molecule has 0 amide bonds. The first-order valence-electron chi connectivity index (χ1n) is 8.77. The van der Waals surface area contributed by atoms with Gasteiger partial charge in [-0.1, -0.05) is 16.1 Å². The summed E-state index contributed by atoms with van der Waals surface area (Å²) in [6, 6.07) is 6.64. The van der Waals surface area contributed by atoms with Crippen molar-refractivity contribution in [2.24, 2.45) is 0 Å². The maximum atomic E-state index is 11.0. The predicted molar refractivity (Wildman–Crippen MR) is 122 cm³/mol. The van der Waals surface area contributed by atoms with Gasteiger partial charge in [-0.25, -0.2) is 15.0 Å². The average molecular weight is 500 g/mol. The van der Waals surface area contributed by atoms with Crippen molar-refractivity contribution in [1.29, 1.82) is 0 Å². The van der Waals surface area contributed by atoms with Crippen LogP contribution >= 0.6 is 36.4 Å². The van der Waals surface area contributed by atoms with E-state index in [1.807, 2.05) is 6.92 Å². The monoisotopic (exact) mass is 498 g/mol. The van der Waals surface area contributed by atoms with Gasteiger partial charge in [-0.05, 0) is 36.0 Å². The van der Waals surface area contributed by atoms with Crippen molar-refractivity contribution in [1.82, 2.24) is 29.5 Å². The molecule has 1 N–H and O–H groups in total. The van der Waals surface area contributed by atoms with Crippen LogP contribution in [-0.2, 0) is 6.54 Å². The Morgan fingerprint density at radius 1 is 1.12 bits per heavy atom. The summed E-state index contributed by atoms with van der Waals surface area (Å²) in [5, 5.41) is 18.7. The van der Waals surface area contributed by atoms with Gasteiger partial charge in [-0.3, -0.25) is 4.98 Å². The molecule has 0 aromatic carbocycles. The van der Waals surface area contributed by atoms with Crippen molar-refractivity contribution >= 4 is 53.7 Å². The third-order valence-electron chi connectivity index (χ3n) is 4.09. The average Bonchev–Trinajstić information content (AvgIpc) is 3.14. The van der Waals surface area contributed by atoms with Crippen LogP contribution in [0.15, 0.2) is 36.7 Å². The smallest absolute Gasteiger partial charge is 0.368 e. The molecule has 0 aliphatic rings. The largest absolute Gasteiger partial charge is 0.434 e. The fraction of sp³-hybridized carbons (Fsp3) is 0.167. The van der Waals surface area contributed by atoms with E-state index in [-0.39, 0.29) is 36.5 Å². The topological polar surface area (TPSA) is 133 Å². The first kappa shape index (κ1) is 25.0. The summed E-state index contributed by atoms with van der Waals surface area (Å²) in [6.07, 6.45) is 2.67. The first-order chi connectivity index (χ1) is 14.4. The number of nitrogens with zero attached hydrogens (tertiary/aromatic N) is 7. The number of nitrogens with one attached hydrogen (secondary N) is 1. The van der Waals surface area contributed by atoms with Gasteiger partial charge in [0.25, 0.3) is 5.88 Å². The second kappa shape index (κ2) is 10.4. The van der Waals surface area contributed by atoms with Crippen molar-refractivity contribution in [3.8, 4) is 11.6 Å². The third kappa shape index (κ3) is 5.31. The van der Waals surface area contributed by atoms with E-state index in [0.29, 0.717) is 40.3 Å². The second-order valence-corrected chi connectivity index (χ2v) is 6.65. The van der Waals surface area contributed by atoms with Crippen molar-refractivity contribution in [3.63, 3.8) is 0 Å². The molecule has 11 nitrogen and oxygen atoms in total. The summed E-state index contributed by atoms with van der Waals surface area (Å²) in [5.41, 5.74) is 1.79. The van der Waals surface area contributed by atoms with Crippen molar-refractivity contribution in [2.75, 3.05) is 5.32 Å². The van der Waals surface area contributed by atoms with Gasteiger partial charge in [-0.2, -0.15) is 0 Å². The van der Waals surface area contributed by atoms with E-state index in [9.17, 15) is 10.1 Å². The molecule has 0 spiro atoms. The van der Waals surface area contributed by atoms with E-state index in [1.54, 1.807) is 31.2 Å². The van der Waals surface area contributed by atoms with Crippen LogP contribution in [-0.4, -0.2) is 34.5 Å². The maximum absolute atomic E-state index is 11.0. The molecular weight excluding hydrogens is 483 g/mol. The molecule has 168 valence electrons. The number of aromatic nitrogens is 6. The Kier molecular flexibility index (Phi) is 8.08. The molecule has 0 saturated heterocycles. The molecule has 0 aliphatic heterocycles. The lowest BCUT2D eigenvalue weighted by Gasteiger charge is -2.10. The highest BCUT2D eigenvalue weighted by Gasteiger charge is 2.16. The molecule has 0 aliphatic carbocycles. The zero-order chi connectivity index (χ0) is 21.3. The zero-order valence-corrected chi connectivity index (χ0v) is 19.1. The normalized spacial score (nSPS) is 10.2. The van der Waals surface area contributed by atoms with Crippen LogP contribution in [0, 0.1) is 24.0 Å². The molecule has 0 unspecified atom stereocenters. The minimum absolute atomic E-state index is 0. The number of imidazole rings is 1. The van der Waals surface area contributed by atoms with Crippen LogP contribution in [0.1, 0.15) is 17.2 Å². The van der Waals surface area contributed by atoms with Gasteiger partial charge in [0.2, 0.25) is 5.65 Å². The molecule has 0 saturated carbocycles. The highest BCUT2D eigenvalue weighted by atomic mass is 35.5. The number of aryl methyl sites for hydroxylation is 2. The molecule has 0 atom stereocenters. The minimum atomic E-state index is -0.562. The molecule has 0 radical (unpaired) electrons. The molecule has 14 heteroatoms. The van der Waals surface area contributed by atoms with Gasteiger partial charge in [0.15, 0.2) is 0 Å². The van der Waals surface area contributed by atoms with Gasteiger partial charge in [-0.15, -0.1) is 24.8 Å². The SMILES string of the molecule is Cc1nc(C)c(Cl)c(NCc2ccc(Oc3ccc4ncc([N+](=O)[O-])n4n3)cn2)n1.Cl.Cl.